The van der Waals surface area contributed by atoms with Crippen molar-refractivity contribution in [1.29, 1.82) is 0 Å². The molecule has 2 aromatic heterocycles. The van der Waals surface area contributed by atoms with E-state index in [9.17, 15) is 14.9 Å². The number of hydrogen-bond donors (Lipinski definition) is 0. The number of aromatic nitrogens is 2. The lowest BCUT2D eigenvalue weighted by Crippen LogP contribution is -2.01. The molecule has 2 heterocycles. The largest absolute Gasteiger partial charge is 0.458 e. The number of nitro groups is 1. The molecule has 126 valence electrons. The summed E-state index contributed by atoms with van der Waals surface area (Å²) in [6.45, 7) is 0.0159. The van der Waals surface area contributed by atoms with Gasteiger partial charge >= 0.3 is 5.97 Å². The maximum Gasteiger partial charge on any atom is 0.331 e. The van der Waals surface area contributed by atoms with Crippen molar-refractivity contribution in [3.63, 3.8) is 0 Å². The first-order valence-electron chi connectivity index (χ1n) is 7.25. The summed E-state index contributed by atoms with van der Waals surface area (Å²) in [5, 5.41) is 10.9. The van der Waals surface area contributed by atoms with Crippen LogP contribution in [0.15, 0.2) is 54.7 Å². The van der Waals surface area contributed by atoms with E-state index in [0.717, 1.165) is 0 Å². The Bertz CT molecular complexity index is 964. The highest BCUT2D eigenvalue weighted by molar-refractivity contribution is 6.31. The molecule has 0 atom stereocenters. The van der Waals surface area contributed by atoms with E-state index in [1.807, 2.05) is 12.1 Å². The quantitative estimate of drug-likeness (QED) is 0.301. The molecular formula is C17H12ClN3O4. The number of halogens is 1. The summed E-state index contributed by atoms with van der Waals surface area (Å²) in [6.07, 6.45) is 4.57. The van der Waals surface area contributed by atoms with Crippen molar-refractivity contribution in [2.24, 2.45) is 0 Å². The van der Waals surface area contributed by atoms with Crippen LogP contribution in [0.1, 0.15) is 11.3 Å². The summed E-state index contributed by atoms with van der Waals surface area (Å²) in [5.41, 5.74) is 1.88. The minimum atomic E-state index is -0.555. The maximum atomic E-state index is 11.8. The molecule has 0 radical (unpaired) electrons. The zero-order valence-electron chi connectivity index (χ0n) is 12.8. The van der Waals surface area contributed by atoms with E-state index < -0.39 is 10.9 Å². The molecule has 0 saturated carbocycles. The van der Waals surface area contributed by atoms with Gasteiger partial charge in [-0.25, -0.2) is 9.78 Å². The predicted molar refractivity (Wildman–Crippen MR) is 92.1 cm³/mol. The molecule has 25 heavy (non-hydrogen) atoms. The number of non-ortho nitro benzene ring substituents is 1. The summed E-state index contributed by atoms with van der Waals surface area (Å²) in [7, 11) is 0. The van der Waals surface area contributed by atoms with Crippen LogP contribution in [0.25, 0.3) is 11.7 Å². The van der Waals surface area contributed by atoms with Gasteiger partial charge in [-0.2, -0.15) is 0 Å². The Morgan fingerprint density at radius 3 is 2.76 bits per heavy atom. The summed E-state index contributed by atoms with van der Waals surface area (Å²) >= 11 is 6.07. The number of nitrogens with zero attached hydrogens (tertiary/aromatic N) is 3. The normalized spacial score (nSPS) is 11.1. The number of hydrogen-bond acceptors (Lipinski definition) is 5. The molecule has 1 aromatic carbocycles. The molecule has 8 heteroatoms. The highest BCUT2D eigenvalue weighted by atomic mass is 35.5. The van der Waals surface area contributed by atoms with E-state index in [0.29, 0.717) is 16.9 Å². The van der Waals surface area contributed by atoms with Crippen LogP contribution in [0.5, 0.6) is 0 Å². The fourth-order valence-electron chi connectivity index (χ4n) is 2.20. The van der Waals surface area contributed by atoms with Gasteiger partial charge in [0, 0.05) is 24.4 Å². The maximum absolute atomic E-state index is 11.8. The van der Waals surface area contributed by atoms with Gasteiger partial charge in [0.25, 0.3) is 5.69 Å². The van der Waals surface area contributed by atoms with Crippen molar-refractivity contribution in [3.05, 3.63) is 81.3 Å². The average Bonchev–Trinajstić information content (AvgIpc) is 2.93. The molecule has 0 aliphatic heterocycles. The summed E-state index contributed by atoms with van der Waals surface area (Å²) in [6, 6.07) is 11.3. The minimum absolute atomic E-state index is 0.0159. The third-order valence-electron chi connectivity index (χ3n) is 3.43. The number of benzene rings is 1. The van der Waals surface area contributed by atoms with Crippen molar-refractivity contribution in [2.75, 3.05) is 0 Å². The predicted octanol–water partition coefficient (Wildman–Crippen LogP) is 3.65. The smallest absolute Gasteiger partial charge is 0.331 e. The molecule has 0 N–H and O–H groups in total. The Balaban J connectivity index is 1.64. The molecule has 0 aliphatic carbocycles. The standard InChI is InChI=1S/C17H12ClN3O4/c18-17-14(20-10-2-1-3-15(20)19-17)8-9-16(22)25-11-12-4-6-13(7-5-12)21(23)24/h1-10H,11H2/b9-8+. The number of carbonyl (C=O) groups is 1. The second-order valence-electron chi connectivity index (χ2n) is 5.08. The van der Waals surface area contributed by atoms with E-state index in [2.05, 4.69) is 4.98 Å². The molecule has 0 unspecified atom stereocenters. The molecule has 3 rings (SSSR count). The monoisotopic (exact) mass is 357 g/mol. The lowest BCUT2D eigenvalue weighted by molar-refractivity contribution is -0.384. The Hall–Kier alpha value is -3.19. The highest BCUT2D eigenvalue weighted by Crippen LogP contribution is 2.19. The van der Waals surface area contributed by atoms with Crippen molar-refractivity contribution in [3.8, 4) is 0 Å². The van der Waals surface area contributed by atoms with E-state index in [1.54, 1.807) is 16.7 Å². The third-order valence-corrected chi connectivity index (χ3v) is 3.71. The lowest BCUT2D eigenvalue weighted by atomic mass is 10.2. The highest BCUT2D eigenvalue weighted by Gasteiger charge is 2.08. The van der Waals surface area contributed by atoms with Gasteiger partial charge in [-0.3, -0.25) is 14.5 Å². The van der Waals surface area contributed by atoms with E-state index in [1.165, 1.54) is 36.4 Å². The molecule has 0 spiro atoms. The van der Waals surface area contributed by atoms with Gasteiger partial charge in [-0.1, -0.05) is 17.7 Å². The van der Waals surface area contributed by atoms with Gasteiger partial charge in [0.2, 0.25) is 0 Å². The fraction of sp³-hybridized carbons (Fsp3) is 0.0588. The number of ether oxygens (including phenoxy) is 1. The number of rotatable bonds is 5. The third kappa shape index (κ3) is 3.84. The molecule has 0 fully saturated rings. The van der Waals surface area contributed by atoms with Crippen molar-refractivity contribution in [2.45, 2.75) is 6.61 Å². The number of esters is 1. The van der Waals surface area contributed by atoms with Gasteiger partial charge in [-0.15, -0.1) is 0 Å². The van der Waals surface area contributed by atoms with Crippen molar-refractivity contribution < 1.29 is 14.5 Å². The van der Waals surface area contributed by atoms with Gasteiger partial charge in [0.1, 0.15) is 12.3 Å². The summed E-state index contributed by atoms with van der Waals surface area (Å²) in [4.78, 5) is 26.1. The SMILES string of the molecule is O=C(/C=C/c1c(Cl)nc2ccccn12)OCc1ccc([N+](=O)[O-])cc1. The van der Waals surface area contributed by atoms with Crippen LogP contribution >= 0.6 is 11.6 Å². The summed E-state index contributed by atoms with van der Waals surface area (Å²) < 4.78 is 6.86. The number of imidazole rings is 1. The van der Waals surface area contributed by atoms with Gasteiger partial charge < -0.3 is 4.74 Å². The van der Waals surface area contributed by atoms with E-state index >= 15 is 0 Å². The van der Waals surface area contributed by atoms with Gasteiger partial charge in [-0.05, 0) is 35.9 Å². The fourth-order valence-corrected chi connectivity index (χ4v) is 2.44. The Kier molecular flexibility index (Phi) is 4.76. The molecule has 0 aliphatic rings. The topological polar surface area (TPSA) is 86.7 Å². The average molecular weight is 358 g/mol. The van der Waals surface area contributed by atoms with Crippen LogP contribution in [0.2, 0.25) is 5.15 Å². The van der Waals surface area contributed by atoms with Crippen molar-refractivity contribution in [1.82, 2.24) is 9.38 Å². The van der Waals surface area contributed by atoms with E-state index in [4.69, 9.17) is 16.3 Å². The first kappa shape index (κ1) is 16.7. The van der Waals surface area contributed by atoms with Crippen LogP contribution in [0.3, 0.4) is 0 Å². The second kappa shape index (κ2) is 7.14. The van der Waals surface area contributed by atoms with Crippen LogP contribution in [-0.2, 0) is 16.1 Å². The first-order valence-corrected chi connectivity index (χ1v) is 7.63. The van der Waals surface area contributed by atoms with Crippen molar-refractivity contribution >= 4 is 35.0 Å². The Morgan fingerprint density at radius 2 is 2.04 bits per heavy atom. The molecule has 0 saturated heterocycles. The zero-order valence-corrected chi connectivity index (χ0v) is 13.6. The molecular weight excluding hydrogens is 346 g/mol. The second-order valence-corrected chi connectivity index (χ2v) is 5.44. The zero-order chi connectivity index (χ0) is 17.8. The van der Waals surface area contributed by atoms with Gasteiger partial charge in [0.05, 0.1) is 10.6 Å². The molecule has 3 aromatic rings. The number of fused-ring (bicyclic) bond motifs is 1. The van der Waals surface area contributed by atoms with Crippen LogP contribution in [-0.4, -0.2) is 20.3 Å². The Labute approximate surface area is 147 Å². The summed E-state index contributed by atoms with van der Waals surface area (Å²) in [5.74, 6) is -0.555. The lowest BCUT2D eigenvalue weighted by Gasteiger charge is -2.02. The molecule has 0 bridgehead atoms. The van der Waals surface area contributed by atoms with Gasteiger partial charge in [0.15, 0.2) is 5.15 Å². The number of nitro benzene ring substituents is 1. The number of pyridine rings is 1. The molecule has 0 amide bonds. The Morgan fingerprint density at radius 1 is 1.28 bits per heavy atom. The van der Waals surface area contributed by atoms with Crippen LogP contribution in [0, 0.1) is 10.1 Å². The first-order chi connectivity index (χ1) is 12.0. The van der Waals surface area contributed by atoms with Crippen LogP contribution in [0.4, 0.5) is 5.69 Å². The van der Waals surface area contributed by atoms with E-state index in [-0.39, 0.29) is 17.4 Å². The minimum Gasteiger partial charge on any atom is -0.458 e. The number of carbonyl (C=O) groups excluding carboxylic acids is 1. The van der Waals surface area contributed by atoms with Crippen LogP contribution < -0.4 is 0 Å². The molecule has 7 nitrogen and oxygen atoms in total.